The smallest absolute Gasteiger partial charge is 0.0991 e. The largest absolute Gasteiger partial charge is 0.313 e. The third kappa shape index (κ3) is 2.52. The van der Waals surface area contributed by atoms with Crippen LogP contribution in [0.5, 0.6) is 0 Å². The standard InChI is InChI=1S/C13H14N4/c1-2-15-8-12-9-16-17-13(12)11-5-3-4-10(6-11)7-14/h3-6,9,15H,2,8H2,1H3,(H,16,17). The Labute approximate surface area is 100 Å². The molecule has 2 N–H and O–H groups in total. The van der Waals surface area contributed by atoms with Gasteiger partial charge in [-0.25, -0.2) is 0 Å². The number of H-pyrrole nitrogens is 1. The topological polar surface area (TPSA) is 64.5 Å². The van der Waals surface area contributed by atoms with Crippen molar-refractivity contribution in [2.75, 3.05) is 6.54 Å². The van der Waals surface area contributed by atoms with E-state index < -0.39 is 0 Å². The number of nitriles is 1. The molecule has 0 fully saturated rings. The molecular weight excluding hydrogens is 212 g/mol. The van der Waals surface area contributed by atoms with Crippen molar-refractivity contribution in [1.29, 1.82) is 5.26 Å². The van der Waals surface area contributed by atoms with Crippen LogP contribution in [0.25, 0.3) is 11.3 Å². The first-order chi connectivity index (χ1) is 8.35. The van der Waals surface area contributed by atoms with Gasteiger partial charge in [0.1, 0.15) is 0 Å². The molecule has 0 atom stereocenters. The van der Waals surface area contributed by atoms with Crippen LogP contribution in [0.1, 0.15) is 18.1 Å². The van der Waals surface area contributed by atoms with E-state index in [1.54, 1.807) is 6.07 Å². The summed E-state index contributed by atoms with van der Waals surface area (Å²) in [6, 6.07) is 9.66. The molecule has 0 saturated heterocycles. The summed E-state index contributed by atoms with van der Waals surface area (Å²) in [6.07, 6.45) is 1.82. The van der Waals surface area contributed by atoms with Crippen LogP contribution in [-0.4, -0.2) is 16.7 Å². The van der Waals surface area contributed by atoms with Crippen molar-refractivity contribution in [1.82, 2.24) is 15.5 Å². The second-order valence-electron chi connectivity index (χ2n) is 3.74. The molecule has 0 amide bonds. The zero-order valence-electron chi connectivity index (χ0n) is 9.70. The van der Waals surface area contributed by atoms with E-state index in [0.717, 1.165) is 29.9 Å². The Bertz CT molecular complexity index is 536. The van der Waals surface area contributed by atoms with Gasteiger partial charge in [0.2, 0.25) is 0 Å². The third-order valence-electron chi connectivity index (χ3n) is 2.56. The highest BCUT2D eigenvalue weighted by Crippen LogP contribution is 2.21. The molecule has 0 radical (unpaired) electrons. The second kappa shape index (κ2) is 5.28. The Morgan fingerprint density at radius 1 is 1.47 bits per heavy atom. The van der Waals surface area contributed by atoms with Crippen molar-refractivity contribution in [3.8, 4) is 17.3 Å². The lowest BCUT2D eigenvalue weighted by atomic mass is 10.1. The molecule has 1 heterocycles. The van der Waals surface area contributed by atoms with Gasteiger partial charge in [0.05, 0.1) is 23.5 Å². The molecule has 1 aromatic heterocycles. The van der Waals surface area contributed by atoms with Crippen LogP contribution in [0.2, 0.25) is 0 Å². The van der Waals surface area contributed by atoms with E-state index in [1.165, 1.54) is 0 Å². The van der Waals surface area contributed by atoms with E-state index in [2.05, 4.69) is 28.5 Å². The lowest BCUT2D eigenvalue weighted by Crippen LogP contribution is -2.11. The van der Waals surface area contributed by atoms with Crippen molar-refractivity contribution in [2.24, 2.45) is 0 Å². The number of rotatable bonds is 4. The molecule has 1 aromatic carbocycles. The number of nitrogens with one attached hydrogen (secondary N) is 2. The molecule has 2 rings (SSSR count). The van der Waals surface area contributed by atoms with Gasteiger partial charge in [-0.1, -0.05) is 19.1 Å². The molecule has 0 spiro atoms. The van der Waals surface area contributed by atoms with Crippen LogP contribution in [0.15, 0.2) is 30.5 Å². The highest BCUT2D eigenvalue weighted by Gasteiger charge is 2.07. The summed E-state index contributed by atoms with van der Waals surface area (Å²) in [5, 5.41) is 19.2. The van der Waals surface area contributed by atoms with Gasteiger partial charge in [-0.05, 0) is 18.7 Å². The predicted octanol–water partition coefficient (Wildman–Crippen LogP) is 2.06. The molecule has 0 bridgehead atoms. The van der Waals surface area contributed by atoms with Crippen molar-refractivity contribution >= 4 is 0 Å². The molecule has 0 unspecified atom stereocenters. The van der Waals surface area contributed by atoms with Crippen LogP contribution < -0.4 is 5.32 Å². The number of hydrogen-bond acceptors (Lipinski definition) is 3. The molecule has 2 aromatic rings. The molecule has 4 heteroatoms. The normalized spacial score (nSPS) is 10.1. The number of aromatic nitrogens is 2. The Kier molecular flexibility index (Phi) is 3.53. The maximum Gasteiger partial charge on any atom is 0.0991 e. The van der Waals surface area contributed by atoms with Crippen LogP contribution in [0, 0.1) is 11.3 Å². The minimum Gasteiger partial charge on any atom is -0.313 e. The first-order valence-corrected chi connectivity index (χ1v) is 5.58. The summed E-state index contributed by atoms with van der Waals surface area (Å²) in [5.41, 5.74) is 3.74. The molecule has 0 aliphatic rings. The third-order valence-corrected chi connectivity index (χ3v) is 2.56. The molecule has 0 aliphatic carbocycles. The molecule has 0 saturated carbocycles. The van der Waals surface area contributed by atoms with Gasteiger partial charge in [0.15, 0.2) is 0 Å². The Hall–Kier alpha value is -2.12. The van der Waals surface area contributed by atoms with E-state index in [-0.39, 0.29) is 0 Å². The monoisotopic (exact) mass is 226 g/mol. The minimum atomic E-state index is 0.659. The Morgan fingerprint density at radius 3 is 3.12 bits per heavy atom. The minimum absolute atomic E-state index is 0.659. The van der Waals surface area contributed by atoms with Crippen molar-refractivity contribution < 1.29 is 0 Å². The maximum absolute atomic E-state index is 8.88. The molecular formula is C13H14N4. The van der Waals surface area contributed by atoms with Crippen molar-refractivity contribution in [2.45, 2.75) is 13.5 Å². The predicted molar refractivity (Wildman–Crippen MR) is 66.1 cm³/mol. The van der Waals surface area contributed by atoms with Crippen LogP contribution >= 0.6 is 0 Å². The highest BCUT2D eigenvalue weighted by atomic mass is 15.1. The van der Waals surface area contributed by atoms with Gasteiger partial charge in [0, 0.05) is 17.7 Å². The summed E-state index contributed by atoms with van der Waals surface area (Å²) < 4.78 is 0. The maximum atomic E-state index is 8.88. The molecule has 4 nitrogen and oxygen atoms in total. The Morgan fingerprint density at radius 2 is 2.35 bits per heavy atom. The summed E-state index contributed by atoms with van der Waals surface area (Å²) in [6.45, 7) is 3.76. The van der Waals surface area contributed by atoms with Crippen LogP contribution in [0.4, 0.5) is 0 Å². The SMILES string of the molecule is CCNCc1cn[nH]c1-c1cccc(C#N)c1. The number of aromatic amines is 1. The zero-order chi connectivity index (χ0) is 12.1. The van der Waals surface area contributed by atoms with E-state index in [4.69, 9.17) is 5.26 Å². The lowest BCUT2D eigenvalue weighted by molar-refractivity contribution is 0.728. The van der Waals surface area contributed by atoms with Gasteiger partial charge >= 0.3 is 0 Å². The van der Waals surface area contributed by atoms with E-state index in [9.17, 15) is 0 Å². The average molecular weight is 226 g/mol. The van der Waals surface area contributed by atoms with Crippen molar-refractivity contribution in [3.05, 3.63) is 41.6 Å². The quantitative estimate of drug-likeness (QED) is 0.838. The molecule has 0 aliphatic heterocycles. The zero-order valence-corrected chi connectivity index (χ0v) is 9.70. The summed E-state index contributed by atoms with van der Waals surface area (Å²) in [5.74, 6) is 0. The first kappa shape index (κ1) is 11.4. The highest BCUT2D eigenvalue weighted by molar-refractivity contribution is 5.64. The fraction of sp³-hybridized carbons (Fsp3) is 0.231. The van der Waals surface area contributed by atoms with Gasteiger partial charge in [-0.15, -0.1) is 0 Å². The fourth-order valence-electron chi connectivity index (χ4n) is 1.70. The van der Waals surface area contributed by atoms with Gasteiger partial charge in [0.25, 0.3) is 0 Å². The number of hydrogen-bond donors (Lipinski definition) is 2. The number of benzene rings is 1. The molecule has 86 valence electrons. The molecule has 17 heavy (non-hydrogen) atoms. The Balaban J connectivity index is 2.33. The van der Waals surface area contributed by atoms with E-state index in [1.807, 2.05) is 24.4 Å². The first-order valence-electron chi connectivity index (χ1n) is 5.58. The fourth-order valence-corrected chi connectivity index (χ4v) is 1.70. The lowest BCUT2D eigenvalue weighted by Gasteiger charge is -2.04. The van der Waals surface area contributed by atoms with Gasteiger partial charge in [-0.3, -0.25) is 5.10 Å². The van der Waals surface area contributed by atoms with Gasteiger partial charge < -0.3 is 5.32 Å². The average Bonchev–Trinajstić information content (AvgIpc) is 2.84. The van der Waals surface area contributed by atoms with E-state index >= 15 is 0 Å². The van der Waals surface area contributed by atoms with Crippen molar-refractivity contribution in [3.63, 3.8) is 0 Å². The van der Waals surface area contributed by atoms with Crippen LogP contribution in [0.3, 0.4) is 0 Å². The van der Waals surface area contributed by atoms with Crippen LogP contribution in [-0.2, 0) is 6.54 Å². The summed E-state index contributed by atoms with van der Waals surface area (Å²) in [4.78, 5) is 0. The van der Waals surface area contributed by atoms with Gasteiger partial charge in [-0.2, -0.15) is 10.4 Å². The second-order valence-corrected chi connectivity index (χ2v) is 3.74. The summed E-state index contributed by atoms with van der Waals surface area (Å²) in [7, 11) is 0. The number of nitrogens with zero attached hydrogens (tertiary/aromatic N) is 2. The summed E-state index contributed by atoms with van der Waals surface area (Å²) >= 11 is 0. The van der Waals surface area contributed by atoms with E-state index in [0.29, 0.717) is 5.56 Å².